The average molecular weight is 299 g/mol. The summed E-state index contributed by atoms with van der Waals surface area (Å²) in [7, 11) is 0. The fraction of sp³-hybridized carbons (Fsp3) is 0.500. The normalized spacial score (nSPS) is 18.0. The van der Waals surface area contributed by atoms with Gasteiger partial charge in [-0.05, 0) is 33.3 Å². The van der Waals surface area contributed by atoms with Crippen LogP contribution in [0.5, 0.6) is 0 Å². The summed E-state index contributed by atoms with van der Waals surface area (Å²) in [4.78, 5) is 23.5. The molecule has 116 valence electrons. The molecule has 1 aliphatic rings. The van der Waals surface area contributed by atoms with Crippen LogP contribution in [0.3, 0.4) is 0 Å². The molecule has 0 N–H and O–H groups in total. The molecule has 0 bridgehead atoms. The molecule has 1 atom stereocenters. The van der Waals surface area contributed by atoms with Crippen LogP contribution < -0.4 is 0 Å². The molecule has 0 aromatic carbocycles. The highest BCUT2D eigenvalue weighted by Crippen LogP contribution is 2.26. The first kappa shape index (κ1) is 14.7. The zero-order valence-corrected chi connectivity index (χ0v) is 13.3. The van der Waals surface area contributed by atoms with E-state index in [1.807, 2.05) is 37.9 Å². The van der Waals surface area contributed by atoms with Crippen LogP contribution in [0.4, 0.5) is 0 Å². The summed E-state index contributed by atoms with van der Waals surface area (Å²) < 4.78 is 1.77. The van der Waals surface area contributed by atoms with Crippen LogP contribution in [0.1, 0.15) is 46.8 Å². The summed E-state index contributed by atoms with van der Waals surface area (Å²) >= 11 is 0. The van der Waals surface area contributed by atoms with Gasteiger partial charge in [-0.2, -0.15) is 5.10 Å². The number of amides is 1. The van der Waals surface area contributed by atoms with E-state index in [-0.39, 0.29) is 11.8 Å². The third-order valence-corrected chi connectivity index (χ3v) is 4.04. The monoisotopic (exact) mass is 299 g/mol. The first-order chi connectivity index (χ1) is 10.6. The van der Waals surface area contributed by atoms with Crippen LogP contribution in [-0.2, 0) is 6.54 Å². The minimum Gasteiger partial charge on any atom is -0.338 e. The maximum atomic E-state index is 12.5. The molecule has 2 aromatic heterocycles. The Morgan fingerprint density at radius 1 is 1.32 bits per heavy atom. The standard InChI is InChI=1S/C16H21N5O/c1-4-21-10-14(8-17-21)16(22)20-6-5-13(9-20)15-18-11(2)7-12(3)19-15/h7-8,10,13H,4-6,9H2,1-3H3. The van der Waals surface area contributed by atoms with Crippen molar-refractivity contribution in [1.29, 1.82) is 0 Å². The molecule has 0 saturated carbocycles. The van der Waals surface area contributed by atoms with Crippen molar-refractivity contribution >= 4 is 5.91 Å². The number of rotatable bonds is 3. The van der Waals surface area contributed by atoms with Gasteiger partial charge >= 0.3 is 0 Å². The van der Waals surface area contributed by atoms with Crippen LogP contribution in [0.2, 0.25) is 0 Å². The number of aromatic nitrogens is 4. The second kappa shape index (κ2) is 5.87. The highest BCUT2D eigenvalue weighted by molar-refractivity contribution is 5.94. The Bertz CT molecular complexity index is 673. The fourth-order valence-corrected chi connectivity index (χ4v) is 2.92. The third-order valence-electron chi connectivity index (χ3n) is 4.04. The van der Waals surface area contributed by atoms with Gasteiger partial charge in [0.25, 0.3) is 5.91 Å². The van der Waals surface area contributed by atoms with Crippen molar-refractivity contribution in [2.45, 2.75) is 39.7 Å². The van der Waals surface area contributed by atoms with Gasteiger partial charge in [-0.15, -0.1) is 0 Å². The van der Waals surface area contributed by atoms with Crippen molar-refractivity contribution in [2.24, 2.45) is 0 Å². The van der Waals surface area contributed by atoms with Gasteiger partial charge in [0, 0.05) is 43.1 Å². The predicted octanol–water partition coefficient (Wildman–Crippen LogP) is 1.94. The summed E-state index contributed by atoms with van der Waals surface area (Å²) in [5.41, 5.74) is 2.62. The quantitative estimate of drug-likeness (QED) is 0.869. The van der Waals surface area contributed by atoms with Crippen LogP contribution in [0.25, 0.3) is 0 Å². The van der Waals surface area contributed by atoms with Crippen molar-refractivity contribution in [1.82, 2.24) is 24.6 Å². The molecule has 1 saturated heterocycles. The van der Waals surface area contributed by atoms with Crippen LogP contribution in [-0.4, -0.2) is 43.6 Å². The maximum absolute atomic E-state index is 12.5. The molecular formula is C16H21N5O. The van der Waals surface area contributed by atoms with Crippen LogP contribution >= 0.6 is 0 Å². The van der Waals surface area contributed by atoms with Crippen molar-refractivity contribution in [3.05, 3.63) is 41.2 Å². The molecule has 0 radical (unpaired) electrons. The number of nitrogens with zero attached hydrogens (tertiary/aromatic N) is 5. The summed E-state index contributed by atoms with van der Waals surface area (Å²) in [6.07, 6.45) is 4.37. The van der Waals surface area contributed by atoms with Crippen LogP contribution in [0, 0.1) is 13.8 Å². The van der Waals surface area contributed by atoms with E-state index in [4.69, 9.17) is 0 Å². The predicted molar refractivity (Wildman–Crippen MR) is 82.7 cm³/mol. The molecule has 3 heterocycles. The fourth-order valence-electron chi connectivity index (χ4n) is 2.92. The number of carbonyl (C=O) groups is 1. The average Bonchev–Trinajstić information content (AvgIpc) is 3.15. The van der Waals surface area contributed by atoms with Gasteiger partial charge in [0.05, 0.1) is 11.8 Å². The second-order valence-corrected chi connectivity index (χ2v) is 5.83. The number of hydrogen-bond donors (Lipinski definition) is 0. The molecule has 6 nitrogen and oxygen atoms in total. The van der Waals surface area contributed by atoms with Crippen LogP contribution in [0.15, 0.2) is 18.5 Å². The molecule has 3 rings (SSSR count). The molecule has 22 heavy (non-hydrogen) atoms. The SMILES string of the molecule is CCn1cc(C(=O)N2CCC(c3nc(C)cc(C)n3)C2)cn1. The number of aryl methyl sites for hydroxylation is 3. The Labute approximate surface area is 130 Å². The topological polar surface area (TPSA) is 63.9 Å². The zero-order chi connectivity index (χ0) is 15.7. The Morgan fingerprint density at radius 2 is 2.05 bits per heavy atom. The summed E-state index contributed by atoms with van der Waals surface area (Å²) in [6.45, 7) is 8.16. The molecule has 1 unspecified atom stereocenters. The van der Waals surface area contributed by atoms with Gasteiger partial charge in [0.15, 0.2) is 0 Å². The minimum absolute atomic E-state index is 0.0478. The first-order valence-electron chi connectivity index (χ1n) is 7.70. The summed E-state index contributed by atoms with van der Waals surface area (Å²) in [5.74, 6) is 1.13. The van der Waals surface area contributed by atoms with Gasteiger partial charge in [0.1, 0.15) is 5.82 Å². The van der Waals surface area contributed by atoms with Gasteiger partial charge in [-0.3, -0.25) is 9.48 Å². The lowest BCUT2D eigenvalue weighted by Gasteiger charge is -2.15. The van der Waals surface area contributed by atoms with Gasteiger partial charge in [0.2, 0.25) is 0 Å². The van der Waals surface area contributed by atoms with E-state index in [1.54, 1.807) is 10.9 Å². The molecule has 2 aromatic rings. The Kier molecular flexibility index (Phi) is 3.92. The Morgan fingerprint density at radius 3 is 2.68 bits per heavy atom. The van der Waals surface area contributed by atoms with Crippen molar-refractivity contribution in [3.8, 4) is 0 Å². The largest absolute Gasteiger partial charge is 0.338 e. The molecule has 1 amide bonds. The first-order valence-corrected chi connectivity index (χ1v) is 7.70. The summed E-state index contributed by atoms with van der Waals surface area (Å²) in [6, 6.07) is 1.97. The smallest absolute Gasteiger partial charge is 0.257 e. The lowest BCUT2D eigenvalue weighted by molar-refractivity contribution is 0.0790. The van der Waals surface area contributed by atoms with E-state index in [1.165, 1.54) is 0 Å². The highest BCUT2D eigenvalue weighted by atomic mass is 16.2. The second-order valence-electron chi connectivity index (χ2n) is 5.83. The van der Waals surface area contributed by atoms with Gasteiger partial charge in [-0.25, -0.2) is 9.97 Å². The minimum atomic E-state index is 0.0478. The molecular weight excluding hydrogens is 278 g/mol. The number of hydrogen-bond acceptors (Lipinski definition) is 4. The number of likely N-dealkylation sites (tertiary alicyclic amines) is 1. The zero-order valence-electron chi connectivity index (χ0n) is 13.3. The van der Waals surface area contributed by atoms with E-state index in [0.717, 1.165) is 36.7 Å². The summed E-state index contributed by atoms with van der Waals surface area (Å²) in [5, 5.41) is 4.17. The van der Waals surface area contributed by atoms with E-state index in [2.05, 4.69) is 15.1 Å². The third kappa shape index (κ3) is 2.86. The molecule has 0 spiro atoms. The molecule has 6 heteroatoms. The van der Waals surface area contributed by atoms with Gasteiger partial charge < -0.3 is 4.90 Å². The number of carbonyl (C=O) groups excluding carboxylic acids is 1. The Hall–Kier alpha value is -2.24. The lowest BCUT2D eigenvalue weighted by Crippen LogP contribution is -2.28. The maximum Gasteiger partial charge on any atom is 0.257 e. The molecule has 0 aliphatic carbocycles. The highest BCUT2D eigenvalue weighted by Gasteiger charge is 2.30. The van der Waals surface area contributed by atoms with E-state index < -0.39 is 0 Å². The molecule has 1 aliphatic heterocycles. The lowest BCUT2D eigenvalue weighted by atomic mass is 10.1. The van der Waals surface area contributed by atoms with Gasteiger partial charge in [-0.1, -0.05) is 0 Å². The van der Waals surface area contributed by atoms with Crippen molar-refractivity contribution in [2.75, 3.05) is 13.1 Å². The van der Waals surface area contributed by atoms with Crippen molar-refractivity contribution in [3.63, 3.8) is 0 Å². The Balaban J connectivity index is 1.72. The van der Waals surface area contributed by atoms with E-state index in [9.17, 15) is 4.79 Å². The van der Waals surface area contributed by atoms with E-state index in [0.29, 0.717) is 12.1 Å². The molecule has 1 fully saturated rings. The van der Waals surface area contributed by atoms with E-state index >= 15 is 0 Å². The van der Waals surface area contributed by atoms with Crippen molar-refractivity contribution < 1.29 is 4.79 Å².